The minimum absolute atomic E-state index is 0.151. The summed E-state index contributed by atoms with van der Waals surface area (Å²) in [6, 6.07) is 9.17. The highest BCUT2D eigenvalue weighted by molar-refractivity contribution is 7.91. The minimum Gasteiger partial charge on any atom is -0.478 e. The molecule has 1 aliphatic heterocycles. The Morgan fingerprint density at radius 3 is 2.47 bits per heavy atom. The lowest BCUT2D eigenvalue weighted by molar-refractivity contribution is 0.0697. The molecule has 1 heterocycles. The molecule has 3 rings (SSSR count). The van der Waals surface area contributed by atoms with Gasteiger partial charge in [-0.2, -0.15) is 0 Å². The van der Waals surface area contributed by atoms with Crippen LogP contribution < -0.4 is 0 Å². The normalized spacial score (nSPS) is 16.5. The topological polar surface area (TPSA) is 71.4 Å². The smallest absolute Gasteiger partial charge is 0.336 e. The Bertz CT molecular complexity index is 1170. The van der Waals surface area contributed by atoms with Crippen molar-refractivity contribution in [3.8, 4) is 11.1 Å². The van der Waals surface area contributed by atoms with Gasteiger partial charge in [-0.3, -0.25) is 0 Å². The lowest BCUT2D eigenvalue weighted by Crippen LogP contribution is -2.30. The number of sulfone groups is 1. The van der Waals surface area contributed by atoms with Crippen LogP contribution in [0.2, 0.25) is 0 Å². The largest absolute Gasteiger partial charge is 0.478 e. The van der Waals surface area contributed by atoms with Crippen molar-refractivity contribution in [2.24, 2.45) is 0 Å². The highest BCUT2D eigenvalue weighted by Crippen LogP contribution is 2.43. The summed E-state index contributed by atoms with van der Waals surface area (Å²) in [5.41, 5.74) is 4.04. The summed E-state index contributed by atoms with van der Waals surface area (Å²) < 4.78 is 26.1. The van der Waals surface area contributed by atoms with Crippen molar-refractivity contribution in [2.45, 2.75) is 89.4 Å². The Morgan fingerprint density at radius 2 is 1.79 bits per heavy atom. The lowest BCUT2D eigenvalue weighted by atomic mass is 9.78. The van der Waals surface area contributed by atoms with Crippen LogP contribution in [0, 0.1) is 0 Å². The Balaban J connectivity index is 2.21. The molecule has 5 heteroatoms. The molecule has 2 aromatic rings. The zero-order chi connectivity index (χ0) is 24.9. The first-order chi connectivity index (χ1) is 16.1. The molecule has 0 saturated carbocycles. The second-order valence-electron chi connectivity index (χ2n) is 10.1. The van der Waals surface area contributed by atoms with Crippen molar-refractivity contribution in [3.63, 3.8) is 0 Å². The quantitative estimate of drug-likeness (QED) is 0.357. The maximum absolute atomic E-state index is 13.0. The van der Waals surface area contributed by atoms with Gasteiger partial charge >= 0.3 is 5.97 Å². The molecule has 1 aliphatic rings. The van der Waals surface area contributed by atoms with Gasteiger partial charge in [-0.15, -0.1) is 0 Å². The maximum Gasteiger partial charge on any atom is 0.336 e. The van der Waals surface area contributed by atoms with Crippen LogP contribution in [0.25, 0.3) is 17.2 Å². The van der Waals surface area contributed by atoms with Crippen LogP contribution in [-0.2, 0) is 21.7 Å². The van der Waals surface area contributed by atoms with Crippen molar-refractivity contribution in [3.05, 3.63) is 58.7 Å². The fourth-order valence-corrected chi connectivity index (χ4v) is 6.94. The van der Waals surface area contributed by atoms with Gasteiger partial charge < -0.3 is 5.11 Å². The van der Waals surface area contributed by atoms with Crippen LogP contribution >= 0.6 is 0 Å². The molecule has 0 amide bonds. The van der Waals surface area contributed by atoms with Gasteiger partial charge in [0.05, 0.1) is 16.2 Å². The first-order valence-electron chi connectivity index (χ1n) is 12.5. The van der Waals surface area contributed by atoms with Crippen molar-refractivity contribution in [1.82, 2.24) is 0 Å². The molecule has 0 fully saturated rings. The van der Waals surface area contributed by atoms with Gasteiger partial charge in [0.1, 0.15) is 0 Å². The second-order valence-corrected chi connectivity index (χ2v) is 12.1. The van der Waals surface area contributed by atoms with E-state index in [1.54, 1.807) is 12.1 Å². The summed E-state index contributed by atoms with van der Waals surface area (Å²) in [5, 5.41) is 10.0. The number of carboxylic acid groups (broad SMARTS) is 1. The van der Waals surface area contributed by atoms with E-state index < -0.39 is 15.8 Å². The summed E-state index contributed by atoms with van der Waals surface area (Å²) in [5.74, 6) is -0.824. The number of aryl methyl sites for hydroxylation is 1. The van der Waals surface area contributed by atoms with Crippen molar-refractivity contribution < 1.29 is 18.3 Å². The summed E-state index contributed by atoms with van der Waals surface area (Å²) in [7, 11) is -3.35. The highest BCUT2D eigenvalue weighted by atomic mass is 32.2. The Hall–Kier alpha value is -2.40. The van der Waals surface area contributed by atoms with Gasteiger partial charge in [0.2, 0.25) is 0 Å². The molecule has 0 unspecified atom stereocenters. The number of carboxylic acids is 1. The molecule has 34 heavy (non-hydrogen) atoms. The Morgan fingerprint density at radius 1 is 1.09 bits per heavy atom. The van der Waals surface area contributed by atoms with Crippen LogP contribution in [0.3, 0.4) is 0 Å². The first-order valence-corrected chi connectivity index (χ1v) is 14.2. The Kier molecular flexibility index (Phi) is 8.40. The molecule has 0 bridgehead atoms. The third-order valence-electron chi connectivity index (χ3n) is 7.01. The number of allylic oxidation sites excluding steroid dienone is 1. The summed E-state index contributed by atoms with van der Waals surface area (Å²) in [6.45, 7) is 8.27. The molecule has 0 atom stereocenters. The zero-order valence-electron chi connectivity index (χ0n) is 21.0. The molecule has 0 spiro atoms. The van der Waals surface area contributed by atoms with E-state index >= 15 is 0 Å². The van der Waals surface area contributed by atoms with Crippen molar-refractivity contribution in [2.75, 3.05) is 5.75 Å². The van der Waals surface area contributed by atoms with Crippen molar-refractivity contribution >= 4 is 21.9 Å². The second kappa shape index (κ2) is 10.9. The molecule has 1 N–H and O–H groups in total. The van der Waals surface area contributed by atoms with E-state index in [9.17, 15) is 18.3 Å². The van der Waals surface area contributed by atoms with Gasteiger partial charge in [-0.25, -0.2) is 13.2 Å². The number of hydrogen-bond donors (Lipinski definition) is 1. The van der Waals surface area contributed by atoms with E-state index in [2.05, 4.69) is 20.8 Å². The molecular weight excluding hydrogens is 444 g/mol. The fraction of sp³-hybridized carbons (Fsp3) is 0.483. The molecule has 2 aromatic carbocycles. The standard InChI is InChI=1S/C29H38O4S/c1-5-7-8-9-10-11-14-22-19-26-25(29(3,4)17-18-34(26,32)33)20-24(22)27-21(13-6-2)15-12-16-23(27)28(30)31/h6,12-13,15-16,19-20H,5,7-11,14,17-18H2,1-4H3,(H,30,31). The lowest BCUT2D eigenvalue weighted by Gasteiger charge is -2.33. The average Bonchev–Trinajstić information content (AvgIpc) is 2.79. The van der Waals surface area contributed by atoms with Crippen LogP contribution in [0.4, 0.5) is 0 Å². The predicted octanol–water partition coefficient (Wildman–Crippen LogP) is 7.44. The minimum atomic E-state index is -3.35. The van der Waals surface area contributed by atoms with Gasteiger partial charge in [0.15, 0.2) is 9.84 Å². The van der Waals surface area contributed by atoms with Crippen LogP contribution in [-0.4, -0.2) is 25.2 Å². The molecule has 0 radical (unpaired) electrons. The summed E-state index contributed by atoms with van der Waals surface area (Å²) in [4.78, 5) is 12.6. The number of hydrogen-bond acceptors (Lipinski definition) is 3. The third kappa shape index (κ3) is 5.63. The molecule has 0 aromatic heterocycles. The SMILES string of the molecule is CC=Cc1cccc(C(=O)O)c1-c1cc2c(cc1CCCCCCCC)S(=O)(=O)CCC2(C)C. The number of benzene rings is 2. The number of rotatable bonds is 10. The monoisotopic (exact) mass is 482 g/mol. The number of fused-ring (bicyclic) bond motifs is 1. The van der Waals surface area contributed by atoms with Gasteiger partial charge in [0.25, 0.3) is 0 Å². The van der Waals surface area contributed by atoms with E-state index in [0.717, 1.165) is 47.9 Å². The van der Waals surface area contributed by atoms with E-state index in [4.69, 9.17) is 0 Å². The molecule has 0 saturated heterocycles. The van der Waals surface area contributed by atoms with Gasteiger partial charge in [-0.1, -0.05) is 77.2 Å². The van der Waals surface area contributed by atoms with Crippen molar-refractivity contribution in [1.29, 1.82) is 0 Å². The average molecular weight is 483 g/mol. The van der Waals surface area contributed by atoms with E-state index in [-0.39, 0.29) is 16.7 Å². The van der Waals surface area contributed by atoms with Gasteiger partial charge in [-0.05, 0) is 72.1 Å². The van der Waals surface area contributed by atoms with E-state index in [0.29, 0.717) is 16.9 Å². The molecule has 4 nitrogen and oxygen atoms in total. The van der Waals surface area contributed by atoms with Crippen LogP contribution in [0.15, 0.2) is 41.3 Å². The summed E-state index contributed by atoms with van der Waals surface area (Å²) in [6.07, 6.45) is 12.0. The fourth-order valence-electron chi connectivity index (χ4n) is 4.95. The highest BCUT2D eigenvalue weighted by Gasteiger charge is 2.36. The van der Waals surface area contributed by atoms with Crippen LogP contribution in [0.1, 0.15) is 99.7 Å². The summed E-state index contributed by atoms with van der Waals surface area (Å²) >= 11 is 0. The number of unbranched alkanes of at least 4 members (excludes halogenated alkanes) is 5. The predicted molar refractivity (Wildman–Crippen MR) is 140 cm³/mol. The third-order valence-corrected chi connectivity index (χ3v) is 8.76. The van der Waals surface area contributed by atoms with E-state index in [1.165, 1.54) is 19.3 Å². The number of carbonyl (C=O) groups is 1. The maximum atomic E-state index is 13.0. The van der Waals surface area contributed by atoms with E-state index in [1.807, 2.05) is 37.3 Å². The molecular formula is C29H38O4S. The number of aromatic carboxylic acids is 1. The molecule has 184 valence electrons. The molecule has 0 aliphatic carbocycles. The van der Waals surface area contributed by atoms with Crippen LogP contribution in [0.5, 0.6) is 0 Å². The van der Waals surface area contributed by atoms with Gasteiger partial charge in [0, 0.05) is 5.56 Å². The zero-order valence-corrected chi connectivity index (χ0v) is 21.8. The first kappa shape index (κ1) is 26.2. The Labute approximate surface area is 205 Å².